The molecule has 0 atom stereocenters. The Morgan fingerprint density at radius 2 is 0.857 bits per heavy atom. The van der Waals surface area contributed by atoms with E-state index in [-0.39, 0.29) is 0 Å². The van der Waals surface area contributed by atoms with Crippen molar-refractivity contribution in [1.82, 2.24) is 4.57 Å². The summed E-state index contributed by atoms with van der Waals surface area (Å²) in [7, 11) is 0. The van der Waals surface area contributed by atoms with Gasteiger partial charge >= 0.3 is 0 Å². The fourth-order valence-electron chi connectivity index (χ4n) is 10.4. The SMILES string of the molecule is c1ccc(-c2c(-c3ccccc3)n(-c3ccc4c(c3)C(c3ccccc3)(c3ccccc3)c3cc(N(c5ccccc5)c5ccc6ccccc6c5)ccc3-4)c3ccccc23)cc1. The van der Waals surface area contributed by atoms with Crippen LogP contribution in [0.15, 0.2) is 255 Å². The number of benzene rings is 10. The van der Waals surface area contributed by atoms with Crippen molar-refractivity contribution in [2.75, 3.05) is 4.90 Å². The van der Waals surface area contributed by atoms with Crippen molar-refractivity contribution in [1.29, 1.82) is 0 Å². The second-order valence-corrected chi connectivity index (χ2v) is 16.5. The molecule has 0 bridgehead atoms. The van der Waals surface area contributed by atoms with E-state index < -0.39 is 5.41 Å². The number of aromatic nitrogens is 1. The summed E-state index contributed by atoms with van der Waals surface area (Å²) < 4.78 is 2.50. The third-order valence-corrected chi connectivity index (χ3v) is 13.0. The van der Waals surface area contributed by atoms with E-state index in [1.165, 1.54) is 77.4 Å². The van der Waals surface area contributed by atoms with E-state index in [0.29, 0.717) is 0 Å². The minimum absolute atomic E-state index is 0.636. The van der Waals surface area contributed by atoms with Crippen LogP contribution in [-0.4, -0.2) is 4.57 Å². The molecule has 0 spiro atoms. The summed E-state index contributed by atoms with van der Waals surface area (Å²) in [5, 5.41) is 3.66. The van der Waals surface area contributed by atoms with Gasteiger partial charge in [-0.05, 0) is 110 Å². The Morgan fingerprint density at radius 3 is 1.54 bits per heavy atom. The van der Waals surface area contributed by atoms with E-state index in [4.69, 9.17) is 0 Å². The van der Waals surface area contributed by atoms with Crippen molar-refractivity contribution in [2.24, 2.45) is 0 Å². The van der Waals surface area contributed by atoms with Gasteiger partial charge in [-0.1, -0.05) is 200 Å². The number of hydrogen-bond donors (Lipinski definition) is 0. The standard InChI is InChI=1S/C61H42N2/c1-6-21-44(22-7-1)59-55-32-18-19-33-58(55)63(60(59)45-23-8-2-9-24-45)52-37-39-54-53-38-36-51(62(49-30-14-5-15-31-49)50-35-34-43-20-16-17-25-46(43)40-50)41-56(53)61(57(54)42-52,47-26-10-3-11-27-47)48-28-12-4-13-29-48/h1-42H. The summed E-state index contributed by atoms with van der Waals surface area (Å²) in [6.07, 6.45) is 0. The second kappa shape index (κ2) is 15.1. The molecule has 0 radical (unpaired) electrons. The average molecular weight is 803 g/mol. The minimum atomic E-state index is -0.636. The fourth-order valence-corrected chi connectivity index (χ4v) is 10.4. The lowest BCUT2D eigenvalue weighted by molar-refractivity contribution is 0.767. The van der Waals surface area contributed by atoms with Gasteiger partial charge in [0.25, 0.3) is 0 Å². The number of rotatable bonds is 8. The normalized spacial score (nSPS) is 12.6. The molecule has 1 aliphatic rings. The molecular weight excluding hydrogens is 761 g/mol. The Balaban J connectivity index is 1.15. The van der Waals surface area contributed by atoms with Gasteiger partial charge in [0, 0.05) is 33.7 Å². The number of hydrogen-bond acceptors (Lipinski definition) is 1. The predicted molar refractivity (Wildman–Crippen MR) is 264 cm³/mol. The van der Waals surface area contributed by atoms with E-state index >= 15 is 0 Å². The quantitative estimate of drug-likeness (QED) is 0.149. The number of anilines is 3. The molecule has 2 nitrogen and oxygen atoms in total. The van der Waals surface area contributed by atoms with E-state index in [0.717, 1.165) is 22.7 Å². The molecule has 0 amide bonds. The maximum atomic E-state index is 2.50. The second-order valence-electron chi connectivity index (χ2n) is 16.5. The average Bonchev–Trinajstić information content (AvgIpc) is 3.86. The Kier molecular flexibility index (Phi) is 8.76. The Hall–Kier alpha value is -8.20. The van der Waals surface area contributed by atoms with Gasteiger partial charge in [-0.15, -0.1) is 0 Å². The van der Waals surface area contributed by atoms with Crippen LogP contribution in [0.5, 0.6) is 0 Å². The first-order valence-corrected chi connectivity index (χ1v) is 21.8. The van der Waals surface area contributed by atoms with Crippen LogP contribution in [-0.2, 0) is 5.41 Å². The Bertz CT molecular complexity index is 3390. The fraction of sp³-hybridized carbons (Fsp3) is 0.0164. The topological polar surface area (TPSA) is 8.17 Å². The first-order valence-electron chi connectivity index (χ1n) is 21.8. The molecule has 0 saturated carbocycles. The molecule has 0 aliphatic heterocycles. The van der Waals surface area contributed by atoms with Crippen molar-refractivity contribution in [3.63, 3.8) is 0 Å². The highest BCUT2D eigenvalue weighted by molar-refractivity contribution is 6.06. The van der Waals surface area contributed by atoms with Crippen molar-refractivity contribution in [3.8, 4) is 39.2 Å². The zero-order valence-electron chi connectivity index (χ0n) is 34.6. The van der Waals surface area contributed by atoms with Gasteiger partial charge in [0.1, 0.15) is 0 Å². The van der Waals surface area contributed by atoms with E-state index in [1.54, 1.807) is 0 Å². The molecule has 2 heteroatoms. The third-order valence-electron chi connectivity index (χ3n) is 13.0. The molecule has 296 valence electrons. The van der Waals surface area contributed by atoms with Crippen LogP contribution < -0.4 is 4.90 Å². The molecule has 0 N–H and O–H groups in total. The molecule has 1 heterocycles. The molecule has 63 heavy (non-hydrogen) atoms. The van der Waals surface area contributed by atoms with Gasteiger partial charge in [-0.25, -0.2) is 0 Å². The largest absolute Gasteiger partial charge is 0.310 e. The maximum absolute atomic E-state index is 2.50. The highest BCUT2D eigenvalue weighted by atomic mass is 15.1. The van der Waals surface area contributed by atoms with Gasteiger partial charge in [0.15, 0.2) is 0 Å². The monoisotopic (exact) mass is 802 g/mol. The van der Waals surface area contributed by atoms with Gasteiger partial charge in [-0.3, -0.25) is 0 Å². The summed E-state index contributed by atoms with van der Waals surface area (Å²) in [4.78, 5) is 2.41. The molecule has 0 fully saturated rings. The van der Waals surface area contributed by atoms with Crippen LogP contribution in [0.4, 0.5) is 17.1 Å². The lowest BCUT2D eigenvalue weighted by atomic mass is 9.67. The van der Waals surface area contributed by atoms with Crippen molar-refractivity contribution in [2.45, 2.75) is 5.41 Å². The first-order chi connectivity index (χ1) is 31.3. The summed E-state index contributed by atoms with van der Waals surface area (Å²) in [5.74, 6) is 0. The first kappa shape index (κ1) is 36.6. The molecule has 1 aliphatic carbocycles. The Morgan fingerprint density at radius 1 is 0.349 bits per heavy atom. The molecule has 12 rings (SSSR count). The zero-order valence-corrected chi connectivity index (χ0v) is 34.6. The molecule has 0 saturated heterocycles. The van der Waals surface area contributed by atoms with Crippen LogP contribution >= 0.6 is 0 Å². The molecule has 0 unspecified atom stereocenters. The number of para-hydroxylation sites is 2. The highest BCUT2D eigenvalue weighted by Gasteiger charge is 2.47. The van der Waals surface area contributed by atoms with Crippen LogP contribution in [0.3, 0.4) is 0 Å². The van der Waals surface area contributed by atoms with E-state index in [1.807, 2.05) is 0 Å². The van der Waals surface area contributed by atoms with Gasteiger partial charge in [-0.2, -0.15) is 0 Å². The zero-order chi connectivity index (χ0) is 41.7. The van der Waals surface area contributed by atoms with Gasteiger partial charge < -0.3 is 9.47 Å². The molecule has 11 aromatic rings. The number of fused-ring (bicyclic) bond motifs is 5. The van der Waals surface area contributed by atoms with Crippen LogP contribution in [0, 0.1) is 0 Å². The Labute approximate surface area is 368 Å². The van der Waals surface area contributed by atoms with Crippen molar-refractivity contribution in [3.05, 3.63) is 277 Å². The lowest BCUT2D eigenvalue weighted by Gasteiger charge is -2.35. The van der Waals surface area contributed by atoms with Crippen molar-refractivity contribution >= 4 is 38.7 Å². The molecular formula is C61H42N2. The third kappa shape index (κ3) is 5.87. The predicted octanol–water partition coefficient (Wildman–Crippen LogP) is 16.0. The van der Waals surface area contributed by atoms with E-state index in [2.05, 4.69) is 264 Å². The summed E-state index contributed by atoms with van der Waals surface area (Å²) in [6.45, 7) is 0. The van der Waals surface area contributed by atoms with Gasteiger partial charge in [0.2, 0.25) is 0 Å². The van der Waals surface area contributed by atoms with E-state index in [9.17, 15) is 0 Å². The smallest absolute Gasteiger partial charge is 0.0715 e. The van der Waals surface area contributed by atoms with Crippen LogP contribution in [0.1, 0.15) is 22.3 Å². The number of nitrogens with zero attached hydrogens (tertiary/aromatic N) is 2. The molecule has 10 aromatic carbocycles. The van der Waals surface area contributed by atoms with Gasteiger partial charge in [0.05, 0.1) is 16.6 Å². The highest BCUT2D eigenvalue weighted by Crippen LogP contribution is 2.58. The van der Waals surface area contributed by atoms with Crippen LogP contribution in [0.25, 0.3) is 60.9 Å². The summed E-state index contributed by atoms with van der Waals surface area (Å²) in [5.41, 5.74) is 17.2. The minimum Gasteiger partial charge on any atom is -0.310 e. The summed E-state index contributed by atoms with van der Waals surface area (Å²) >= 11 is 0. The van der Waals surface area contributed by atoms with Crippen LogP contribution in [0.2, 0.25) is 0 Å². The summed E-state index contributed by atoms with van der Waals surface area (Å²) in [6, 6.07) is 93.4. The maximum Gasteiger partial charge on any atom is 0.0715 e. The van der Waals surface area contributed by atoms with Crippen molar-refractivity contribution < 1.29 is 0 Å². The molecule has 1 aromatic heterocycles. The lowest BCUT2D eigenvalue weighted by Crippen LogP contribution is -2.29.